The highest BCUT2D eigenvalue weighted by Crippen LogP contribution is 2.17. The number of nitrogens with two attached hydrogens (primary N) is 1. The lowest BCUT2D eigenvalue weighted by molar-refractivity contribution is 0.168. The van der Waals surface area contributed by atoms with Gasteiger partial charge >= 0.3 is 0 Å². The van der Waals surface area contributed by atoms with Crippen molar-refractivity contribution >= 4 is 0 Å². The first-order valence-corrected chi connectivity index (χ1v) is 7.19. The predicted octanol–water partition coefficient (Wildman–Crippen LogP) is 3.37. The fraction of sp³-hybridized carbons (Fsp3) is 1.00. The molecule has 0 heterocycles. The van der Waals surface area contributed by atoms with Gasteiger partial charge in [-0.3, -0.25) is 0 Å². The summed E-state index contributed by atoms with van der Waals surface area (Å²) in [6.45, 7) is 18.1. The van der Waals surface area contributed by atoms with Crippen LogP contribution in [-0.2, 0) is 0 Å². The predicted molar refractivity (Wildman–Crippen MR) is 78.2 cm³/mol. The lowest BCUT2D eigenvalue weighted by Gasteiger charge is -2.32. The zero-order valence-electron chi connectivity index (χ0n) is 12.9. The van der Waals surface area contributed by atoms with Crippen molar-refractivity contribution in [1.29, 1.82) is 0 Å². The van der Waals surface area contributed by atoms with E-state index in [9.17, 15) is 0 Å². The number of hydrogen-bond acceptors (Lipinski definition) is 2. The zero-order chi connectivity index (χ0) is 13.5. The van der Waals surface area contributed by atoms with Gasteiger partial charge in [-0.1, -0.05) is 41.5 Å². The Bertz CT molecular complexity index is 173. The van der Waals surface area contributed by atoms with E-state index in [0.717, 1.165) is 24.9 Å². The molecule has 0 amide bonds. The second-order valence-electron chi connectivity index (χ2n) is 7.01. The minimum Gasteiger partial charge on any atom is -0.330 e. The normalized spacial score (nSPS) is 13.1. The van der Waals surface area contributed by atoms with Gasteiger partial charge in [-0.05, 0) is 49.7 Å². The van der Waals surface area contributed by atoms with Crippen molar-refractivity contribution in [3.8, 4) is 0 Å². The van der Waals surface area contributed by atoms with Crippen LogP contribution in [0.1, 0.15) is 54.4 Å². The average molecular weight is 242 g/mol. The molecule has 17 heavy (non-hydrogen) atoms. The summed E-state index contributed by atoms with van der Waals surface area (Å²) in [4.78, 5) is 2.60. The van der Waals surface area contributed by atoms with E-state index in [-0.39, 0.29) is 5.41 Å². The van der Waals surface area contributed by atoms with Crippen molar-refractivity contribution in [1.82, 2.24) is 4.90 Å². The van der Waals surface area contributed by atoms with Crippen molar-refractivity contribution < 1.29 is 0 Å². The van der Waals surface area contributed by atoms with Gasteiger partial charge < -0.3 is 10.6 Å². The smallest absolute Gasteiger partial charge is 0.00448 e. The molecule has 0 rings (SSSR count). The summed E-state index contributed by atoms with van der Waals surface area (Å²) in [6, 6.07) is 0. The number of hydrogen-bond donors (Lipinski definition) is 1. The second kappa shape index (κ2) is 8.10. The van der Waals surface area contributed by atoms with Gasteiger partial charge in [0, 0.05) is 6.54 Å². The van der Waals surface area contributed by atoms with E-state index in [1.807, 2.05) is 0 Å². The molecule has 0 aromatic carbocycles. The molecule has 0 spiro atoms. The monoisotopic (exact) mass is 242 g/mol. The van der Waals surface area contributed by atoms with Crippen LogP contribution in [0.3, 0.4) is 0 Å². The highest BCUT2D eigenvalue weighted by molar-refractivity contribution is 4.75. The molecule has 0 aliphatic heterocycles. The lowest BCUT2D eigenvalue weighted by Crippen LogP contribution is -2.40. The third kappa shape index (κ3) is 9.61. The van der Waals surface area contributed by atoms with Gasteiger partial charge in [0.2, 0.25) is 0 Å². The summed E-state index contributed by atoms with van der Waals surface area (Å²) in [7, 11) is 0. The summed E-state index contributed by atoms with van der Waals surface area (Å²) in [6.07, 6.45) is 2.58. The molecule has 0 radical (unpaired) electrons. The molecule has 0 aromatic rings. The molecule has 0 aromatic heterocycles. The van der Waals surface area contributed by atoms with Crippen molar-refractivity contribution in [2.75, 3.05) is 26.2 Å². The topological polar surface area (TPSA) is 29.3 Å². The summed E-state index contributed by atoms with van der Waals surface area (Å²) < 4.78 is 0. The van der Waals surface area contributed by atoms with Gasteiger partial charge in [-0.15, -0.1) is 0 Å². The molecule has 2 N–H and O–H groups in total. The minimum absolute atomic E-state index is 0.244. The van der Waals surface area contributed by atoms with Gasteiger partial charge in [0.05, 0.1) is 0 Å². The molecule has 0 fully saturated rings. The third-order valence-corrected chi connectivity index (χ3v) is 3.25. The quantitative estimate of drug-likeness (QED) is 0.672. The maximum absolute atomic E-state index is 5.84. The first-order valence-electron chi connectivity index (χ1n) is 7.19. The van der Waals surface area contributed by atoms with Crippen LogP contribution in [0.2, 0.25) is 0 Å². The molecule has 104 valence electrons. The first kappa shape index (κ1) is 16.9. The fourth-order valence-corrected chi connectivity index (χ4v) is 1.82. The Hall–Kier alpha value is -0.0800. The van der Waals surface area contributed by atoms with E-state index in [1.165, 1.54) is 25.9 Å². The van der Waals surface area contributed by atoms with Crippen LogP contribution in [0.4, 0.5) is 0 Å². The molecule has 0 bridgehead atoms. The largest absolute Gasteiger partial charge is 0.330 e. The van der Waals surface area contributed by atoms with Crippen LogP contribution >= 0.6 is 0 Å². The number of nitrogens with zero attached hydrogens (tertiary/aromatic N) is 1. The Labute approximate surface area is 109 Å². The molecule has 0 saturated heterocycles. The Balaban J connectivity index is 4.19. The SMILES string of the molecule is CC(C)CCN(CCC(C)C)CC(C)(C)CN. The van der Waals surface area contributed by atoms with Gasteiger partial charge in [0.1, 0.15) is 0 Å². The Morgan fingerprint density at radius 3 is 1.65 bits per heavy atom. The van der Waals surface area contributed by atoms with Gasteiger partial charge in [0.25, 0.3) is 0 Å². The van der Waals surface area contributed by atoms with E-state index in [1.54, 1.807) is 0 Å². The van der Waals surface area contributed by atoms with Crippen LogP contribution < -0.4 is 5.73 Å². The van der Waals surface area contributed by atoms with Gasteiger partial charge in [-0.2, -0.15) is 0 Å². The van der Waals surface area contributed by atoms with Crippen molar-refractivity contribution in [3.63, 3.8) is 0 Å². The van der Waals surface area contributed by atoms with Crippen LogP contribution in [0.15, 0.2) is 0 Å². The molecule has 2 heteroatoms. The van der Waals surface area contributed by atoms with E-state index in [0.29, 0.717) is 0 Å². The zero-order valence-corrected chi connectivity index (χ0v) is 12.9. The van der Waals surface area contributed by atoms with Crippen LogP contribution in [0.5, 0.6) is 0 Å². The highest BCUT2D eigenvalue weighted by Gasteiger charge is 2.20. The molecule has 2 nitrogen and oxygen atoms in total. The van der Waals surface area contributed by atoms with Crippen molar-refractivity contribution in [2.24, 2.45) is 23.0 Å². The molecular formula is C15H34N2. The van der Waals surface area contributed by atoms with Crippen molar-refractivity contribution in [3.05, 3.63) is 0 Å². The van der Waals surface area contributed by atoms with Crippen molar-refractivity contribution in [2.45, 2.75) is 54.4 Å². The average Bonchev–Trinajstić information content (AvgIpc) is 2.21. The fourth-order valence-electron chi connectivity index (χ4n) is 1.82. The molecule has 0 aliphatic rings. The third-order valence-electron chi connectivity index (χ3n) is 3.25. The molecule has 0 atom stereocenters. The summed E-state index contributed by atoms with van der Waals surface area (Å²) in [5.74, 6) is 1.58. The Morgan fingerprint density at radius 1 is 0.941 bits per heavy atom. The first-order chi connectivity index (χ1) is 7.76. The van der Waals surface area contributed by atoms with E-state index in [4.69, 9.17) is 5.73 Å². The Kier molecular flexibility index (Phi) is 8.06. The highest BCUT2D eigenvalue weighted by atomic mass is 15.1. The maximum atomic E-state index is 5.84. The second-order valence-corrected chi connectivity index (χ2v) is 7.01. The maximum Gasteiger partial charge on any atom is 0.00448 e. The minimum atomic E-state index is 0.244. The van der Waals surface area contributed by atoms with E-state index < -0.39 is 0 Å². The summed E-state index contributed by atoms with van der Waals surface area (Å²) in [5.41, 5.74) is 6.08. The molecular weight excluding hydrogens is 208 g/mol. The van der Waals surface area contributed by atoms with E-state index >= 15 is 0 Å². The van der Waals surface area contributed by atoms with Gasteiger partial charge in [-0.25, -0.2) is 0 Å². The number of rotatable bonds is 9. The molecule has 0 saturated carbocycles. The van der Waals surface area contributed by atoms with Crippen LogP contribution in [-0.4, -0.2) is 31.1 Å². The molecule has 0 unspecified atom stereocenters. The van der Waals surface area contributed by atoms with Gasteiger partial charge in [0.15, 0.2) is 0 Å². The Morgan fingerprint density at radius 2 is 1.35 bits per heavy atom. The van der Waals surface area contributed by atoms with E-state index in [2.05, 4.69) is 46.4 Å². The lowest BCUT2D eigenvalue weighted by atomic mass is 9.92. The summed E-state index contributed by atoms with van der Waals surface area (Å²) in [5, 5.41) is 0. The summed E-state index contributed by atoms with van der Waals surface area (Å²) >= 11 is 0. The molecule has 0 aliphatic carbocycles. The van der Waals surface area contributed by atoms with Crippen LogP contribution in [0, 0.1) is 17.3 Å². The standard InChI is InChI=1S/C15H34N2/c1-13(2)7-9-17(10-8-14(3)4)12-15(5,6)11-16/h13-14H,7-12,16H2,1-6H3. The van der Waals surface area contributed by atoms with Crippen LogP contribution in [0.25, 0.3) is 0 Å².